The zero-order valence-electron chi connectivity index (χ0n) is 19.3. The lowest BCUT2D eigenvalue weighted by Crippen LogP contribution is -2.07. The van der Waals surface area contributed by atoms with E-state index in [0.717, 1.165) is 24.8 Å². The fourth-order valence-electron chi connectivity index (χ4n) is 4.16. The van der Waals surface area contributed by atoms with Crippen molar-refractivity contribution in [3.05, 3.63) is 101 Å². The highest BCUT2D eigenvalue weighted by molar-refractivity contribution is 5.81. The van der Waals surface area contributed by atoms with E-state index in [-0.39, 0.29) is 18.1 Å². The predicted molar refractivity (Wildman–Crippen MR) is 131 cm³/mol. The number of carbonyl (C=O) groups is 1. The number of hydrogen-bond acceptors (Lipinski definition) is 4. The van der Waals surface area contributed by atoms with Gasteiger partial charge in [-0.1, -0.05) is 67.6 Å². The van der Waals surface area contributed by atoms with Crippen LogP contribution in [0.25, 0.3) is 0 Å². The number of aryl methyl sites for hydroxylation is 1. The quantitative estimate of drug-likeness (QED) is 0.352. The maximum absolute atomic E-state index is 12.4. The van der Waals surface area contributed by atoms with Gasteiger partial charge in [0.05, 0.1) is 12.7 Å². The molecule has 0 aliphatic heterocycles. The second-order valence-electron chi connectivity index (χ2n) is 8.97. The van der Waals surface area contributed by atoms with Gasteiger partial charge in [0, 0.05) is 18.4 Å². The van der Waals surface area contributed by atoms with Gasteiger partial charge in [-0.15, -0.1) is 0 Å². The zero-order chi connectivity index (χ0) is 23.6. The van der Waals surface area contributed by atoms with E-state index in [1.54, 1.807) is 12.1 Å². The molecule has 0 aromatic heterocycles. The summed E-state index contributed by atoms with van der Waals surface area (Å²) >= 11 is 0. The predicted octanol–water partition coefficient (Wildman–Crippen LogP) is 5.32. The molecule has 2 unspecified atom stereocenters. The number of phenols is 1. The molecule has 0 aliphatic carbocycles. The minimum atomic E-state index is -0.632. The summed E-state index contributed by atoms with van der Waals surface area (Å²) in [5.74, 6) is 0.668. The monoisotopic (exact) mass is 446 g/mol. The molecule has 0 saturated heterocycles. The molecule has 0 aliphatic rings. The molecule has 0 heterocycles. The van der Waals surface area contributed by atoms with Crippen LogP contribution in [0.4, 0.5) is 0 Å². The van der Waals surface area contributed by atoms with Crippen LogP contribution in [0.2, 0.25) is 0 Å². The Kier molecular flexibility index (Phi) is 9.23. The molecule has 0 saturated carbocycles. The Balaban J connectivity index is 1.47. The maximum atomic E-state index is 12.4. The second kappa shape index (κ2) is 12.3. The van der Waals surface area contributed by atoms with Crippen LogP contribution in [0.5, 0.6) is 5.75 Å². The van der Waals surface area contributed by atoms with E-state index in [0.29, 0.717) is 36.3 Å². The number of benzene rings is 3. The summed E-state index contributed by atoms with van der Waals surface area (Å²) in [6, 6.07) is 23.2. The molecule has 33 heavy (non-hydrogen) atoms. The Labute approximate surface area is 196 Å². The SMILES string of the molecule is CC(CCC(O)c1ccc(O)c(CO)c1)Cc1cccc(CC(=O)CCc2ccccc2)c1. The van der Waals surface area contributed by atoms with Crippen LogP contribution in [0, 0.1) is 5.92 Å². The van der Waals surface area contributed by atoms with Crippen LogP contribution in [0.3, 0.4) is 0 Å². The van der Waals surface area contributed by atoms with Crippen molar-refractivity contribution in [1.29, 1.82) is 0 Å². The van der Waals surface area contributed by atoms with Crippen LogP contribution in [0.15, 0.2) is 72.8 Å². The molecular weight excluding hydrogens is 412 g/mol. The molecule has 0 spiro atoms. The van der Waals surface area contributed by atoms with Crippen molar-refractivity contribution >= 4 is 5.78 Å². The average molecular weight is 447 g/mol. The van der Waals surface area contributed by atoms with Crippen LogP contribution in [0.1, 0.15) is 60.1 Å². The second-order valence-corrected chi connectivity index (χ2v) is 8.97. The number of carbonyl (C=O) groups excluding carboxylic acids is 1. The first-order chi connectivity index (χ1) is 15.9. The van der Waals surface area contributed by atoms with Crippen molar-refractivity contribution in [3.8, 4) is 5.75 Å². The van der Waals surface area contributed by atoms with Crippen molar-refractivity contribution in [2.75, 3.05) is 0 Å². The molecule has 4 heteroatoms. The molecule has 0 bridgehead atoms. The lowest BCUT2D eigenvalue weighted by molar-refractivity contribution is -0.118. The van der Waals surface area contributed by atoms with E-state index in [1.807, 2.05) is 30.3 Å². The fraction of sp³-hybridized carbons (Fsp3) is 0.345. The minimum absolute atomic E-state index is 0.0419. The van der Waals surface area contributed by atoms with Gasteiger partial charge in [-0.2, -0.15) is 0 Å². The van der Waals surface area contributed by atoms with Crippen molar-refractivity contribution in [1.82, 2.24) is 0 Å². The van der Waals surface area contributed by atoms with Crippen LogP contribution in [-0.2, 0) is 30.7 Å². The van der Waals surface area contributed by atoms with E-state index in [2.05, 4.69) is 31.2 Å². The lowest BCUT2D eigenvalue weighted by atomic mass is 9.92. The van der Waals surface area contributed by atoms with Crippen LogP contribution >= 0.6 is 0 Å². The molecule has 3 rings (SSSR count). The van der Waals surface area contributed by atoms with Gasteiger partial charge in [-0.25, -0.2) is 0 Å². The summed E-state index contributed by atoms with van der Waals surface area (Å²) in [5, 5.41) is 29.5. The fourth-order valence-corrected chi connectivity index (χ4v) is 4.16. The molecule has 0 amide bonds. The van der Waals surface area contributed by atoms with Gasteiger partial charge in [-0.3, -0.25) is 4.79 Å². The highest BCUT2D eigenvalue weighted by atomic mass is 16.3. The van der Waals surface area contributed by atoms with Crippen LogP contribution in [-0.4, -0.2) is 21.1 Å². The topological polar surface area (TPSA) is 77.8 Å². The molecule has 3 aromatic rings. The number of rotatable bonds is 12. The largest absolute Gasteiger partial charge is 0.508 e. The third kappa shape index (κ3) is 7.85. The summed E-state index contributed by atoms with van der Waals surface area (Å²) in [6.07, 6.45) is 3.49. The Bertz CT molecular complexity index is 1030. The molecule has 3 N–H and O–H groups in total. The Morgan fingerprint density at radius 2 is 1.61 bits per heavy atom. The van der Waals surface area contributed by atoms with E-state index >= 15 is 0 Å². The van der Waals surface area contributed by atoms with Gasteiger partial charge in [0.1, 0.15) is 11.5 Å². The number of Topliss-reactive ketones (excluding diaryl/α,β-unsaturated/α-hetero) is 1. The first kappa shape index (κ1) is 24.7. The molecule has 4 nitrogen and oxygen atoms in total. The lowest BCUT2D eigenvalue weighted by Gasteiger charge is -2.16. The molecule has 0 fully saturated rings. The van der Waals surface area contributed by atoms with E-state index < -0.39 is 6.10 Å². The molecule has 0 radical (unpaired) electrons. The first-order valence-corrected chi connectivity index (χ1v) is 11.7. The molecule has 174 valence electrons. The number of ketones is 1. The third-order valence-electron chi connectivity index (χ3n) is 6.10. The van der Waals surface area contributed by atoms with E-state index in [4.69, 9.17) is 0 Å². The summed E-state index contributed by atoms with van der Waals surface area (Å²) < 4.78 is 0. The first-order valence-electron chi connectivity index (χ1n) is 11.7. The average Bonchev–Trinajstić information content (AvgIpc) is 2.82. The Morgan fingerprint density at radius 1 is 0.879 bits per heavy atom. The third-order valence-corrected chi connectivity index (χ3v) is 6.10. The summed E-state index contributed by atoms with van der Waals surface area (Å²) in [6.45, 7) is 1.91. The van der Waals surface area contributed by atoms with Crippen molar-refractivity contribution in [2.24, 2.45) is 5.92 Å². The number of hydrogen-bond donors (Lipinski definition) is 3. The number of aromatic hydroxyl groups is 1. The van der Waals surface area contributed by atoms with E-state index in [1.165, 1.54) is 17.2 Å². The zero-order valence-corrected chi connectivity index (χ0v) is 19.3. The number of aliphatic hydroxyl groups excluding tert-OH is 2. The summed E-state index contributed by atoms with van der Waals surface area (Å²) in [7, 11) is 0. The van der Waals surface area contributed by atoms with Gasteiger partial charge >= 0.3 is 0 Å². The van der Waals surface area contributed by atoms with Gasteiger partial charge in [0.2, 0.25) is 0 Å². The molecule has 3 aromatic carbocycles. The standard InChI is InChI=1S/C29H34O4/c1-21(10-14-28(32)25-12-15-29(33)26(19-25)20-30)16-23-8-5-9-24(17-23)18-27(31)13-11-22-6-3-2-4-7-22/h2-9,12,15,17,19,21,28,30,32-33H,10-11,13-14,16,18,20H2,1H3. The van der Waals surface area contributed by atoms with Gasteiger partial charge in [-0.05, 0) is 66.0 Å². The van der Waals surface area contributed by atoms with Crippen molar-refractivity contribution in [2.45, 2.75) is 58.2 Å². The Morgan fingerprint density at radius 3 is 2.36 bits per heavy atom. The van der Waals surface area contributed by atoms with Crippen molar-refractivity contribution in [3.63, 3.8) is 0 Å². The highest BCUT2D eigenvalue weighted by Gasteiger charge is 2.13. The smallest absolute Gasteiger partial charge is 0.137 e. The van der Waals surface area contributed by atoms with E-state index in [9.17, 15) is 20.1 Å². The number of aliphatic hydroxyl groups is 2. The summed E-state index contributed by atoms with van der Waals surface area (Å²) in [5.41, 5.74) is 4.58. The highest BCUT2D eigenvalue weighted by Crippen LogP contribution is 2.27. The van der Waals surface area contributed by atoms with Crippen molar-refractivity contribution < 1.29 is 20.1 Å². The van der Waals surface area contributed by atoms with Crippen LogP contribution < -0.4 is 0 Å². The minimum Gasteiger partial charge on any atom is -0.508 e. The normalized spacial score (nSPS) is 12.9. The van der Waals surface area contributed by atoms with Gasteiger partial charge in [0.25, 0.3) is 0 Å². The summed E-state index contributed by atoms with van der Waals surface area (Å²) in [4.78, 5) is 12.4. The Hall–Kier alpha value is -2.95. The molecular formula is C29H34O4. The van der Waals surface area contributed by atoms with Gasteiger partial charge < -0.3 is 15.3 Å². The van der Waals surface area contributed by atoms with Gasteiger partial charge in [0.15, 0.2) is 0 Å². The molecule has 2 atom stereocenters. The maximum Gasteiger partial charge on any atom is 0.137 e.